The highest BCUT2D eigenvalue weighted by molar-refractivity contribution is 5.88. The second kappa shape index (κ2) is 6.30. The van der Waals surface area contributed by atoms with E-state index in [2.05, 4.69) is 25.6 Å². The first-order valence-corrected chi connectivity index (χ1v) is 7.12. The molecule has 1 saturated carbocycles. The maximum absolute atomic E-state index is 11.9. The van der Waals surface area contributed by atoms with Crippen LogP contribution in [0.3, 0.4) is 0 Å². The van der Waals surface area contributed by atoms with Gasteiger partial charge >= 0.3 is 6.03 Å². The number of urea groups is 1. The van der Waals surface area contributed by atoms with Crippen molar-refractivity contribution < 1.29 is 4.79 Å². The van der Waals surface area contributed by atoms with E-state index in [1.165, 1.54) is 12.8 Å². The Morgan fingerprint density at radius 2 is 1.86 bits per heavy atom. The normalized spacial score (nSPS) is 14.9. The van der Waals surface area contributed by atoms with Crippen LogP contribution in [0.4, 0.5) is 10.6 Å². The first-order valence-electron chi connectivity index (χ1n) is 7.12. The summed E-state index contributed by atoms with van der Waals surface area (Å²) in [5, 5.41) is 5.73. The number of hydrogen-bond acceptors (Lipinski definition) is 4. The number of hydrogen-bond donors (Lipinski definition) is 2. The quantitative estimate of drug-likeness (QED) is 0.907. The van der Waals surface area contributed by atoms with Crippen molar-refractivity contribution in [3.63, 3.8) is 0 Å². The van der Waals surface area contributed by atoms with Crippen LogP contribution in [0.2, 0.25) is 0 Å². The van der Waals surface area contributed by atoms with Crippen LogP contribution in [0.25, 0.3) is 11.4 Å². The largest absolute Gasteiger partial charge is 0.335 e. The zero-order valence-electron chi connectivity index (χ0n) is 11.6. The molecule has 2 heterocycles. The van der Waals surface area contributed by atoms with Crippen molar-refractivity contribution in [1.82, 2.24) is 20.3 Å². The fourth-order valence-electron chi connectivity index (χ4n) is 2.48. The number of pyridine rings is 1. The van der Waals surface area contributed by atoms with Gasteiger partial charge in [0.05, 0.1) is 0 Å². The summed E-state index contributed by atoms with van der Waals surface area (Å²) in [6.07, 6.45) is 9.49. The average Bonchev–Trinajstić information content (AvgIpc) is 3.01. The average molecular weight is 283 g/mol. The van der Waals surface area contributed by atoms with Crippen molar-refractivity contribution in [2.75, 3.05) is 5.32 Å². The Labute approximate surface area is 123 Å². The van der Waals surface area contributed by atoms with Crippen LogP contribution in [0, 0.1) is 0 Å². The number of carbonyl (C=O) groups excluding carboxylic acids is 1. The summed E-state index contributed by atoms with van der Waals surface area (Å²) in [7, 11) is 0. The van der Waals surface area contributed by atoms with Gasteiger partial charge in [0.15, 0.2) is 5.82 Å². The lowest BCUT2D eigenvalue weighted by atomic mass is 10.2. The molecule has 1 fully saturated rings. The van der Waals surface area contributed by atoms with Gasteiger partial charge in [-0.1, -0.05) is 12.8 Å². The van der Waals surface area contributed by atoms with Crippen molar-refractivity contribution in [2.24, 2.45) is 0 Å². The first kappa shape index (κ1) is 13.5. The molecule has 2 amide bonds. The van der Waals surface area contributed by atoms with E-state index in [1.807, 2.05) is 12.1 Å². The van der Waals surface area contributed by atoms with Crippen LogP contribution in [-0.2, 0) is 0 Å². The number of rotatable bonds is 3. The van der Waals surface area contributed by atoms with Crippen molar-refractivity contribution in [3.8, 4) is 11.4 Å². The van der Waals surface area contributed by atoms with Crippen LogP contribution >= 0.6 is 0 Å². The van der Waals surface area contributed by atoms with E-state index in [0.717, 1.165) is 18.4 Å². The summed E-state index contributed by atoms with van der Waals surface area (Å²) < 4.78 is 0. The van der Waals surface area contributed by atoms with Gasteiger partial charge in [-0.3, -0.25) is 10.3 Å². The second-order valence-corrected chi connectivity index (χ2v) is 5.08. The maximum Gasteiger partial charge on any atom is 0.320 e. The molecule has 0 atom stereocenters. The van der Waals surface area contributed by atoms with E-state index in [9.17, 15) is 4.79 Å². The Morgan fingerprint density at radius 1 is 1.10 bits per heavy atom. The Bertz CT molecular complexity index is 610. The van der Waals surface area contributed by atoms with Crippen molar-refractivity contribution >= 4 is 11.8 Å². The third kappa shape index (κ3) is 3.53. The molecule has 6 heteroatoms. The highest BCUT2D eigenvalue weighted by Crippen LogP contribution is 2.18. The molecule has 0 bridgehead atoms. The molecule has 0 aromatic carbocycles. The third-order valence-corrected chi connectivity index (χ3v) is 3.53. The van der Waals surface area contributed by atoms with Gasteiger partial charge in [-0.05, 0) is 31.0 Å². The highest BCUT2D eigenvalue weighted by atomic mass is 16.2. The van der Waals surface area contributed by atoms with E-state index >= 15 is 0 Å². The lowest BCUT2D eigenvalue weighted by molar-refractivity contribution is 0.248. The van der Waals surface area contributed by atoms with Crippen molar-refractivity contribution in [3.05, 3.63) is 36.8 Å². The van der Waals surface area contributed by atoms with Gasteiger partial charge in [-0.15, -0.1) is 0 Å². The monoisotopic (exact) mass is 283 g/mol. The highest BCUT2D eigenvalue weighted by Gasteiger charge is 2.17. The molecule has 0 radical (unpaired) electrons. The molecule has 108 valence electrons. The molecule has 0 unspecified atom stereocenters. The number of nitrogens with one attached hydrogen (secondary N) is 2. The molecule has 0 spiro atoms. The van der Waals surface area contributed by atoms with Gasteiger partial charge in [0.2, 0.25) is 0 Å². The van der Waals surface area contributed by atoms with Crippen LogP contribution in [0.1, 0.15) is 25.7 Å². The zero-order valence-corrected chi connectivity index (χ0v) is 11.6. The molecular formula is C15H17N5O. The standard InChI is InChI=1S/C15H17N5O/c21-15(18-12-3-1-2-4-12)20-13-7-10-17-14(19-13)11-5-8-16-9-6-11/h5-10,12H,1-4H2,(H2,17,18,19,20,21). The van der Waals surface area contributed by atoms with Gasteiger partial charge in [0.25, 0.3) is 0 Å². The first-order chi connectivity index (χ1) is 10.3. The smallest absolute Gasteiger partial charge is 0.320 e. The molecule has 2 N–H and O–H groups in total. The predicted molar refractivity (Wildman–Crippen MR) is 79.7 cm³/mol. The minimum atomic E-state index is -0.207. The van der Waals surface area contributed by atoms with Gasteiger partial charge in [0.1, 0.15) is 5.82 Å². The Balaban J connectivity index is 1.67. The molecule has 2 aromatic heterocycles. The van der Waals surface area contributed by atoms with E-state index in [1.54, 1.807) is 24.7 Å². The van der Waals surface area contributed by atoms with E-state index in [4.69, 9.17) is 0 Å². The molecule has 1 aliphatic carbocycles. The number of nitrogens with zero attached hydrogens (tertiary/aromatic N) is 3. The maximum atomic E-state index is 11.9. The van der Waals surface area contributed by atoms with Crippen LogP contribution in [0.15, 0.2) is 36.8 Å². The molecule has 3 rings (SSSR count). The summed E-state index contributed by atoms with van der Waals surface area (Å²) in [4.78, 5) is 24.4. The Morgan fingerprint density at radius 3 is 2.62 bits per heavy atom. The molecule has 2 aromatic rings. The number of aromatic nitrogens is 3. The van der Waals surface area contributed by atoms with Gasteiger partial charge < -0.3 is 5.32 Å². The summed E-state index contributed by atoms with van der Waals surface area (Å²) in [6.45, 7) is 0. The van der Waals surface area contributed by atoms with Gasteiger partial charge in [-0.25, -0.2) is 14.8 Å². The molecule has 0 aliphatic heterocycles. The lowest BCUT2D eigenvalue weighted by Gasteiger charge is -2.12. The molecule has 21 heavy (non-hydrogen) atoms. The summed E-state index contributed by atoms with van der Waals surface area (Å²) in [5.74, 6) is 1.06. The fraction of sp³-hybridized carbons (Fsp3) is 0.333. The predicted octanol–water partition coefficient (Wildman–Crippen LogP) is 2.60. The van der Waals surface area contributed by atoms with E-state index in [0.29, 0.717) is 11.6 Å². The van der Waals surface area contributed by atoms with Crippen LogP contribution in [0.5, 0.6) is 0 Å². The number of anilines is 1. The Kier molecular flexibility index (Phi) is 4.04. The van der Waals surface area contributed by atoms with Gasteiger partial charge in [-0.2, -0.15) is 0 Å². The molecule has 1 aliphatic rings. The topological polar surface area (TPSA) is 79.8 Å². The van der Waals surface area contributed by atoms with Crippen molar-refractivity contribution in [2.45, 2.75) is 31.7 Å². The Hall–Kier alpha value is -2.50. The summed E-state index contributed by atoms with van der Waals surface area (Å²) >= 11 is 0. The third-order valence-electron chi connectivity index (χ3n) is 3.53. The minimum Gasteiger partial charge on any atom is -0.335 e. The lowest BCUT2D eigenvalue weighted by Crippen LogP contribution is -2.36. The van der Waals surface area contributed by atoms with E-state index in [-0.39, 0.29) is 12.1 Å². The number of amides is 2. The zero-order chi connectivity index (χ0) is 14.5. The summed E-state index contributed by atoms with van der Waals surface area (Å²) in [6, 6.07) is 5.42. The van der Waals surface area contributed by atoms with Crippen LogP contribution in [-0.4, -0.2) is 27.0 Å². The molecular weight excluding hydrogens is 266 g/mol. The molecule has 6 nitrogen and oxygen atoms in total. The summed E-state index contributed by atoms with van der Waals surface area (Å²) in [5.41, 5.74) is 0.866. The van der Waals surface area contributed by atoms with E-state index < -0.39 is 0 Å². The SMILES string of the molecule is O=C(Nc1ccnc(-c2ccncc2)n1)NC1CCCC1. The van der Waals surface area contributed by atoms with Crippen molar-refractivity contribution in [1.29, 1.82) is 0 Å². The second-order valence-electron chi connectivity index (χ2n) is 5.08. The minimum absolute atomic E-state index is 0.207. The fourth-order valence-corrected chi connectivity index (χ4v) is 2.48. The van der Waals surface area contributed by atoms with Crippen LogP contribution < -0.4 is 10.6 Å². The van der Waals surface area contributed by atoms with Gasteiger partial charge in [0, 0.05) is 30.2 Å². The molecule has 0 saturated heterocycles. The number of carbonyl (C=O) groups is 1.